The molecule has 0 aromatic heterocycles. The van der Waals surface area contributed by atoms with Crippen LogP contribution < -0.4 is 4.90 Å². The largest absolute Gasteiger partial charge is 0.328 e. The van der Waals surface area contributed by atoms with Crippen LogP contribution >= 0.6 is 0 Å². The zero-order valence-electron chi connectivity index (χ0n) is 16.5. The van der Waals surface area contributed by atoms with Gasteiger partial charge in [0.05, 0.1) is 32.4 Å². The van der Waals surface area contributed by atoms with Gasteiger partial charge < -0.3 is 4.90 Å². The van der Waals surface area contributed by atoms with Crippen molar-refractivity contribution in [2.24, 2.45) is 5.10 Å². The Morgan fingerprint density at radius 3 is 2.14 bits per heavy atom. The van der Waals surface area contributed by atoms with Crippen LogP contribution in [-0.2, 0) is 6.54 Å². The summed E-state index contributed by atoms with van der Waals surface area (Å²) in [5.41, 5.74) is 6.39. The van der Waals surface area contributed by atoms with E-state index in [-0.39, 0.29) is 0 Å². The number of hydrogen-bond donors (Lipinski definition) is 1. The molecule has 1 aliphatic rings. The molecule has 3 aromatic carbocycles. The Labute approximate surface area is 167 Å². The van der Waals surface area contributed by atoms with Crippen molar-refractivity contribution < 1.29 is 4.90 Å². The fraction of sp³-hybridized carbons (Fsp3) is 0.240. The molecule has 1 N–H and O–H groups in total. The third kappa shape index (κ3) is 4.87. The molecule has 0 atom stereocenters. The van der Waals surface area contributed by atoms with Gasteiger partial charge in [-0.1, -0.05) is 84.4 Å². The molecule has 28 heavy (non-hydrogen) atoms. The molecular weight excluding hydrogens is 342 g/mol. The number of nitrogens with one attached hydrogen (secondary N) is 1. The first-order valence-corrected chi connectivity index (χ1v) is 10.1. The van der Waals surface area contributed by atoms with Gasteiger partial charge in [0.2, 0.25) is 0 Å². The van der Waals surface area contributed by atoms with Crippen molar-refractivity contribution in [3.63, 3.8) is 0 Å². The van der Waals surface area contributed by atoms with Gasteiger partial charge in [0.25, 0.3) is 0 Å². The van der Waals surface area contributed by atoms with Gasteiger partial charge in [-0.15, -0.1) is 0 Å². The Kier molecular flexibility index (Phi) is 5.83. The van der Waals surface area contributed by atoms with E-state index >= 15 is 0 Å². The number of quaternary nitrogens is 1. The Balaban J connectivity index is 1.28. The number of hydrogen-bond acceptors (Lipinski definition) is 2. The van der Waals surface area contributed by atoms with Crippen molar-refractivity contribution in [1.82, 2.24) is 5.01 Å². The van der Waals surface area contributed by atoms with E-state index in [4.69, 9.17) is 5.10 Å². The van der Waals surface area contributed by atoms with Crippen molar-refractivity contribution in [2.75, 3.05) is 26.2 Å². The van der Waals surface area contributed by atoms with Gasteiger partial charge in [0.1, 0.15) is 6.54 Å². The second-order valence-corrected chi connectivity index (χ2v) is 7.60. The van der Waals surface area contributed by atoms with E-state index < -0.39 is 0 Å². The summed E-state index contributed by atoms with van der Waals surface area (Å²) in [5.74, 6) is 0. The van der Waals surface area contributed by atoms with Crippen molar-refractivity contribution in [3.05, 3.63) is 95.6 Å². The molecule has 1 aliphatic heterocycles. The average Bonchev–Trinajstić information content (AvgIpc) is 2.76. The monoisotopic (exact) mass is 370 g/mol. The van der Waals surface area contributed by atoms with Gasteiger partial charge in [-0.05, 0) is 23.6 Å². The minimum Gasteiger partial charge on any atom is -0.328 e. The lowest BCUT2D eigenvalue weighted by Gasteiger charge is -2.30. The highest BCUT2D eigenvalue weighted by Gasteiger charge is 2.18. The van der Waals surface area contributed by atoms with E-state index in [0.717, 1.165) is 38.3 Å². The van der Waals surface area contributed by atoms with Crippen molar-refractivity contribution in [2.45, 2.75) is 13.5 Å². The van der Waals surface area contributed by atoms with E-state index in [1.165, 1.54) is 22.3 Å². The van der Waals surface area contributed by atoms with Crippen LogP contribution in [-0.4, -0.2) is 37.4 Å². The molecule has 0 unspecified atom stereocenters. The maximum Gasteiger partial charge on any atom is 0.103 e. The SMILES string of the molecule is Cc1ccc(C[NH+]2CCN(/N=C\c3ccc(-c4ccccc4)cc3)CC2)cc1. The predicted molar refractivity (Wildman–Crippen MR) is 117 cm³/mol. The molecule has 3 heteroatoms. The highest BCUT2D eigenvalue weighted by atomic mass is 15.5. The minimum atomic E-state index is 1.01. The van der Waals surface area contributed by atoms with Crippen LogP contribution in [0.15, 0.2) is 84.0 Å². The maximum atomic E-state index is 4.70. The van der Waals surface area contributed by atoms with E-state index in [1.807, 2.05) is 12.3 Å². The molecular formula is C25H28N3+. The Morgan fingerprint density at radius 1 is 0.821 bits per heavy atom. The number of benzene rings is 3. The fourth-order valence-electron chi connectivity index (χ4n) is 3.64. The van der Waals surface area contributed by atoms with E-state index in [0.29, 0.717) is 0 Å². The van der Waals surface area contributed by atoms with Gasteiger partial charge in [-0.2, -0.15) is 5.10 Å². The first kappa shape index (κ1) is 18.5. The zero-order valence-corrected chi connectivity index (χ0v) is 16.5. The van der Waals surface area contributed by atoms with Gasteiger partial charge in [0, 0.05) is 5.56 Å². The Hall–Kier alpha value is -2.91. The van der Waals surface area contributed by atoms with Crippen molar-refractivity contribution in [3.8, 4) is 11.1 Å². The summed E-state index contributed by atoms with van der Waals surface area (Å²) in [5, 5.41) is 6.90. The first-order chi connectivity index (χ1) is 13.8. The third-order valence-electron chi connectivity index (χ3n) is 5.41. The normalized spacial score (nSPS) is 15.2. The number of aryl methyl sites for hydroxylation is 1. The molecule has 0 bridgehead atoms. The number of hydrazone groups is 1. The second kappa shape index (κ2) is 8.85. The van der Waals surface area contributed by atoms with Crippen molar-refractivity contribution >= 4 is 6.21 Å². The van der Waals surface area contributed by atoms with Crippen LogP contribution in [0.4, 0.5) is 0 Å². The number of nitrogens with zero attached hydrogens (tertiary/aromatic N) is 2. The quantitative estimate of drug-likeness (QED) is 0.683. The number of rotatable bonds is 5. The molecule has 0 aliphatic carbocycles. The van der Waals surface area contributed by atoms with Crippen LogP contribution in [0.25, 0.3) is 11.1 Å². The molecule has 0 amide bonds. The third-order valence-corrected chi connectivity index (χ3v) is 5.41. The average molecular weight is 371 g/mol. The van der Waals surface area contributed by atoms with Crippen LogP contribution in [0.3, 0.4) is 0 Å². The van der Waals surface area contributed by atoms with Gasteiger partial charge in [0.15, 0.2) is 0 Å². The van der Waals surface area contributed by atoms with Gasteiger partial charge in [-0.25, -0.2) is 0 Å². The van der Waals surface area contributed by atoms with Crippen LogP contribution in [0, 0.1) is 6.92 Å². The molecule has 3 aromatic rings. The smallest absolute Gasteiger partial charge is 0.103 e. The molecule has 0 saturated carbocycles. The van der Waals surface area contributed by atoms with E-state index in [2.05, 4.69) is 84.7 Å². The summed E-state index contributed by atoms with van der Waals surface area (Å²) in [6, 6.07) is 28.0. The van der Waals surface area contributed by atoms with Crippen LogP contribution in [0.2, 0.25) is 0 Å². The topological polar surface area (TPSA) is 20.0 Å². The lowest BCUT2D eigenvalue weighted by molar-refractivity contribution is -0.918. The number of piperazine rings is 1. The molecule has 1 saturated heterocycles. The first-order valence-electron chi connectivity index (χ1n) is 10.1. The molecule has 1 fully saturated rings. The fourth-order valence-corrected chi connectivity index (χ4v) is 3.64. The molecule has 4 rings (SSSR count). The molecule has 0 radical (unpaired) electrons. The standard InChI is InChI=1S/C25H27N3/c1-21-7-9-23(10-8-21)20-27-15-17-28(18-16-27)26-19-22-11-13-25(14-12-22)24-5-3-2-4-6-24/h2-14,19H,15-18,20H2,1H3/p+1/b26-19-. The summed E-state index contributed by atoms with van der Waals surface area (Å²) >= 11 is 0. The molecule has 142 valence electrons. The summed E-state index contributed by atoms with van der Waals surface area (Å²) in [6.45, 7) is 7.55. The van der Waals surface area contributed by atoms with Gasteiger partial charge in [-0.3, -0.25) is 5.01 Å². The van der Waals surface area contributed by atoms with E-state index in [9.17, 15) is 0 Å². The van der Waals surface area contributed by atoms with Crippen LogP contribution in [0.5, 0.6) is 0 Å². The zero-order chi connectivity index (χ0) is 19.2. The maximum absolute atomic E-state index is 4.70. The Morgan fingerprint density at radius 2 is 1.46 bits per heavy atom. The molecule has 0 spiro atoms. The lowest BCUT2D eigenvalue weighted by Crippen LogP contribution is -3.13. The predicted octanol–water partition coefficient (Wildman–Crippen LogP) is 3.40. The minimum absolute atomic E-state index is 1.01. The van der Waals surface area contributed by atoms with Crippen molar-refractivity contribution in [1.29, 1.82) is 0 Å². The van der Waals surface area contributed by atoms with Gasteiger partial charge >= 0.3 is 0 Å². The molecule has 1 heterocycles. The second-order valence-electron chi connectivity index (χ2n) is 7.60. The summed E-state index contributed by atoms with van der Waals surface area (Å²) in [6.07, 6.45) is 1.99. The summed E-state index contributed by atoms with van der Waals surface area (Å²) < 4.78 is 0. The highest BCUT2D eigenvalue weighted by Crippen LogP contribution is 2.18. The molecule has 3 nitrogen and oxygen atoms in total. The lowest BCUT2D eigenvalue weighted by atomic mass is 10.0. The van der Waals surface area contributed by atoms with Crippen LogP contribution in [0.1, 0.15) is 16.7 Å². The summed E-state index contributed by atoms with van der Waals surface area (Å²) in [4.78, 5) is 1.64. The Bertz CT molecular complexity index is 891. The highest BCUT2D eigenvalue weighted by molar-refractivity contribution is 5.80. The summed E-state index contributed by atoms with van der Waals surface area (Å²) in [7, 11) is 0. The van der Waals surface area contributed by atoms with E-state index in [1.54, 1.807) is 4.90 Å².